The number of hydrogen-bond acceptors (Lipinski definition) is 4. The Bertz CT molecular complexity index is 960. The van der Waals surface area contributed by atoms with Crippen LogP contribution in [0, 0.1) is 6.92 Å². The summed E-state index contributed by atoms with van der Waals surface area (Å²) in [7, 11) is 7.50. The molecule has 3 rings (SSSR count). The molecule has 2 aromatic carbocycles. The summed E-state index contributed by atoms with van der Waals surface area (Å²) in [6.45, 7) is 2.53. The van der Waals surface area contributed by atoms with Gasteiger partial charge in [-0.3, -0.25) is 9.48 Å². The van der Waals surface area contributed by atoms with Crippen molar-refractivity contribution in [2.45, 2.75) is 13.0 Å². The molecule has 1 N–H and O–H groups in total. The van der Waals surface area contributed by atoms with Crippen molar-refractivity contribution >= 4 is 5.91 Å². The van der Waals surface area contributed by atoms with Crippen molar-refractivity contribution in [1.29, 1.82) is 0 Å². The van der Waals surface area contributed by atoms with Gasteiger partial charge in [0.15, 0.2) is 5.69 Å². The van der Waals surface area contributed by atoms with E-state index < -0.39 is 0 Å². The fourth-order valence-corrected chi connectivity index (χ4v) is 3.28. The Balaban J connectivity index is 1.72. The van der Waals surface area contributed by atoms with E-state index in [-0.39, 0.29) is 11.9 Å². The monoisotopic (exact) mass is 392 g/mol. The summed E-state index contributed by atoms with van der Waals surface area (Å²) in [5.41, 5.74) is 4.67. The van der Waals surface area contributed by atoms with Crippen LogP contribution in [0.5, 0.6) is 5.75 Å². The SMILES string of the molecule is COc1ccc(C(CNC(=O)c2cc(-c3ccc(C)cc3)n(C)n2)N(C)C)cc1. The van der Waals surface area contributed by atoms with Gasteiger partial charge in [0.2, 0.25) is 0 Å². The predicted molar refractivity (Wildman–Crippen MR) is 115 cm³/mol. The number of benzene rings is 2. The molecule has 0 radical (unpaired) electrons. The lowest BCUT2D eigenvalue weighted by Gasteiger charge is -2.25. The molecule has 0 saturated carbocycles. The summed E-state index contributed by atoms with van der Waals surface area (Å²) >= 11 is 0. The van der Waals surface area contributed by atoms with Crippen LogP contribution in [0.1, 0.15) is 27.7 Å². The Morgan fingerprint density at radius 1 is 1.14 bits per heavy atom. The first-order valence-corrected chi connectivity index (χ1v) is 9.58. The Hall–Kier alpha value is -3.12. The molecular weight excluding hydrogens is 364 g/mol. The first kappa shape index (κ1) is 20.6. The summed E-state index contributed by atoms with van der Waals surface area (Å²) in [6, 6.07) is 18.0. The first-order valence-electron chi connectivity index (χ1n) is 9.58. The van der Waals surface area contributed by atoms with E-state index in [1.54, 1.807) is 11.8 Å². The summed E-state index contributed by atoms with van der Waals surface area (Å²) in [4.78, 5) is 14.8. The fourth-order valence-electron chi connectivity index (χ4n) is 3.28. The van der Waals surface area contributed by atoms with Gasteiger partial charge < -0.3 is 15.0 Å². The third kappa shape index (κ3) is 4.84. The topological polar surface area (TPSA) is 59.4 Å². The lowest BCUT2D eigenvalue weighted by Crippen LogP contribution is -2.34. The number of likely N-dealkylation sites (N-methyl/N-ethyl adjacent to an activating group) is 1. The van der Waals surface area contributed by atoms with Gasteiger partial charge >= 0.3 is 0 Å². The highest BCUT2D eigenvalue weighted by Gasteiger charge is 2.18. The summed E-state index contributed by atoms with van der Waals surface area (Å²) in [5.74, 6) is 0.631. The molecule has 1 heterocycles. The average Bonchev–Trinajstić information content (AvgIpc) is 3.10. The van der Waals surface area contributed by atoms with Crippen molar-refractivity contribution in [3.05, 3.63) is 71.4 Å². The molecule has 0 spiro atoms. The lowest BCUT2D eigenvalue weighted by atomic mass is 10.1. The Morgan fingerprint density at radius 2 is 1.79 bits per heavy atom. The van der Waals surface area contributed by atoms with E-state index in [2.05, 4.69) is 34.4 Å². The van der Waals surface area contributed by atoms with Gasteiger partial charge in [-0.1, -0.05) is 42.0 Å². The van der Waals surface area contributed by atoms with E-state index in [0.717, 1.165) is 22.6 Å². The van der Waals surface area contributed by atoms with Crippen LogP contribution in [0.4, 0.5) is 0 Å². The number of carbonyl (C=O) groups is 1. The molecule has 6 heteroatoms. The van der Waals surface area contributed by atoms with Crippen molar-refractivity contribution in [1.82, 2.24) is 20.0 Å². The van der Waals surface area contributed by atoms with Crippen molar-refractivity contribution in [2.75, 3.05) is 27.7 Å². The van der Waals surface area contributed by atoms with Crippen LogP contribution < -0.4 is 10.1 Å². The van der Waals surface area contributed by atoms with Crippen molar-refractivity contribution in [3.63, 3.8) is 0 Å². The van der Waals surface area contributed by atoms with Crippen LogP contribution in [-0.2, 0) is 7.05 Å². The van der Waals surface area contributed by atoms with E-state index in [9.17, 15) is 4.79 Å². The third-order valence-corrected chi connectivity index (χ3v) is 5.04. The van der Waals surface area contributed by atoms with Crippen LogP contribution in [0.2, 0.25) is 0 Å². The van der Waals surface area contributed by atoms with E-state index in [0.29, 0.717) is 12.2 Å². The standard InChI is InChI=1S/C23H28N4O2/c1-16-6-8-17(9-7-16)21-14-20(25-27(21)4)23(28)24-15-22(26(2)3)18-10-12-19(29-5)13-11-18/h6-14,22H,15H2,1-5H3,(H,24,28). The fraction of sp³-hybridized carbons (Fsp3) is 0.304. The van der Waals surface area contributed by atoms with Gasteiger partial charge in [0, 0.05) is 13.6 Å². The second-order valence-electron chi connectivity index (χ2n) is 7.37. The molecule has 1 amide bonds. The molecule has 0 aliphatic carbocycles. The minimum absolute atomic E-state index is 0.0464. The number of aryl methyl sites for hydroxylation is 2. The summed E-state index contributed by atoms with van der Waals surface area (Å²) < 4.78 is 6.97. The Kier molecular flexibility index (Phi) is 6.34. The maximum absolute atomic E-state index is 12.7. The van der Waals surface area contributed by atoms with Crippen molar-refractivity contribution < 1.29 is 9.53 Å². The highest BCUT2D eigenvalue weighted by Crippen LogP contribution is 2.22. The molecule has 152 valence electrons. The Labute approximate surface area is 172 Å². The molecule has 1 unspecified atom stereocenters. The zero-order valence-electron chi connectivity index (χ0n) is 17.6. The minimum Gasteiger partial charge on any atom is -0.497 e. The highest BCUT2D eigenvalue weighted by molar-refractivity contribution is 5.93. The number of carbonyl (C=O) groups excluding carboxylic acids is 1. The number of nitrogens with one attached hydrogen (secondary N) is 1. The van der Waals surface area contributed by atoms with Gasteiger partial charge in [-0.05, 0) is 50.3 Å². The predicted octanol–water partition coefficient (Wildman–Crippen LogP) is 3.44. The van der Waals surface area contributed by atoms with Gasteiger partial charge in [0.05, 0.1) is 18.8 Å². The number of methoxy groups -OCH3 is 1. The van der Waals surface area contributed by atoms with E-state index >= 15 is 0 Å². The molecule has 0 saturated heterocycles. The second kappa shape index (κ2) is 8.92. The normalized spacial score (nSPS) is 12.1. The number of hydrogen-bond donors (Lipinski definition) is 1. The molecule has 0 aliphatic heterocycles. The summed E-state index contributed by atoms with van der Waals surface area (Å²) in [5, 5.41) is 7.42. The van der Waals surface area contributed by atoms with E-state index in [1.165, 1.54) is 5.56 Å². The number of rotatable bonds is 7. The van der Waals surface area contributed by atoms with E-state index in [1.807, 2.05) is 63.6 Å². The van der Waals surface area contributed by atoms with Crippen molar-refractivity contribution in [3.8, 4) is 17.0 Å². The summed E-state index contributed by atoms with van der Waals surface area (Å²) in [6.07, 6.45) is 0. The molecule has 29 heavy (non-hydrogen) atoms. The van der Waals surface area contributed by atoms with Gasteiger partial charge in [-0.25, -0.2) is 0 Å². The molecule has 3 aromatic rings. The Morgan fingerprint density at radius 3 is 2.38 bits per heavy atom. The quantitative estimate of drug-likeness (QED) is 0.669. The molecule has 1 atom stereocenters. The van der Waals surface area contributed by atoms with Gasteiger partial charge in [-0.2, -0.15) is 5.10 Å². The zero-order chi connectivity index (χ0) is 21.0. The molecule has 0 bridgehead atoms. The number of amides is 1. The zero-order valence-corrected chi connectivity index (χ0v) is 17.6. The van der Waals surface area contributed by atoms with Gasteiger partial charge in [-0.15, -0.1) is 0 Å². The highest BCUT2D eigenvalue weighted by atomic mass is 16.5. The van der Waals surface area contributed by atoms with Gasteiger partial charge in [0.1, 0.15) is 5.75 Å². The maximum atomic E-state index is 12.7. The second-order valence-corrected chi connectivity index (χ2v) is 7.37. The number of aromatic nitrogens is 2. The molecule has 0 aliphatic rings. The smallest absolute Gasteiger partial charge is 0.271 e. The third-order valence-electron chi connectivity index (χ3n) is 5.04. The molecule has 6 nitrogen and oxygen atoms in total. The van der Waals surface area contributed by atoms with Crippen LogP contribution >= 0.6 is 0 Å². The first-order chi connectivity index (χ1) is 13.9. The van der Waals surface area contributed by atoms with Crippen LogP contribution in [-0.4, -0.2) is 48.3 Å². The molecule has 0 fully saturated rings. The van der Waals surface area contributed by atoms with Crippen molar-refractivity contribution in [2.24, 2.45) is 7.05 Å². The van der Waals surface area contributed by atoms with Gasteiger partial charge in [0.25, 0.3) is 5.91 Å². The minimum atomic E-state index is -0.181. The van der Waals surface area contributed by atoms with Crippen LogP contribution in [0.15, 0.2) is 54.6 Å². The lowest BCUT2D eigenvalue weighted by molar-refractivity contribution is 0.0936. The number of nitrogens with zero attached hydrogens (tertiary/aromatic N) is 3. The molecular formula is C23H28N4O2. The largest absolute Gasteiger partial charge is 0.497 e. The maximum Gasteiger partial charge on any atom is 0.271 e. The van der Waals surface area contributed by atoms with Crippen LogP contribution in [0.25, 0.3) is 11.3 Å². The number of ether oxygens (including phenoxy) is 1. The average molecular weight is 393 g/mol. The van der Waals surface area contributed by atoms with Crippen LogP contribution in [0.3, 0.4) is 0 Å². The van der Waals surface area contributed by atoms with E-state index in [4.69, 9.17) is 4.74 Å². The molecule has 1 aromatic heterocycles.